The second-order valence-corrected chi connectivity index (χ2v) is 4.41. The van der Waals surface area contributed by atoms with Crippen LogP contribution in [0.2, 0.25) is 0 Å². The van der Waals surface area contributed by atoms with E-state index in [0.717, 1.165) is 12.5 Å². The normalized spacial score (nSPS) is 20.9. The zero-order valence-electron chi connectivity index (χ0n) is 9.69. The molecule has 2 heterocycles. The van der Waals surface area contributed by atoms with E-state index in [4.69, 9.17) is 4.74 Å². The second kappa shape index (κ2) is 6.61. The van der Waals surface area contributed by atoms with Crippen LogP contribution in [-0.2, 0) is 11.3 Å². The number of pyridine rings is 1. The Hall–Kier alpha value is -0.930. The molecule has 1 aliphatic heterocycles. The predicted octanol–water partition coefficient (Wildman–Crippen LogP) is 1.99. The molecule has 0 aliphatic carbocycles. The van der Waals surface area contributed by atoms with Crippen molar-refractivity contribution in [3.05, 3.63) is 30.1 Å². The highest BCUT2D eigenvalue weighted by Gasteiger charge is 2.11. The molecule has 1 aromatic heterocycles. The summed E-state index contributed by atoms with van der Waals surface area (Å²) < 4.78 is 5.67. The van der Waals surface area contributed by atoms with Gasteiger partial charge in [0.2, 0.25) is 0 Å². The van der Waals surface area contributed by atoms with E-state index in [1.165, 1.54) is 37.9 Å². The van der Waals surface area contributed by atoms with E-state index in [2.05, 4.69) is 10.3 Å². The number of ether oxygens (including phenoxy) is 1. The molecule has 3 nitrogen and oxygen atoms in total. The quantitative estimate of drug-likeness (QED) is 0.771. The van der Waals surface area contributed by atoms with Gasteiger partial charge in [-0.1, -0.05) is 0 Å². The molecular weight excluding hydrogens is 200 g/mol. The number of nitrogens with zero attached hydrogens (tertiary/aromatic N) is 1. The Morgan fingerprint density at radius 3 is 3.00 bits per heavy atom. The van der Waals surface area contributed by atoms with Gasteiger partial charge in [0.05, 0.1) is 6.61 Å². The molecule has 2 rings (SSSR count). The van der Waals surface area contributed by atoms with Crippen molar-refractivity contribution in [3.8, 4) is 0 Å². The van der Waals surface area contributed by atoms with Crippen molar-refractivity contribution >= 4 is 0 Å². The average Bonchev–Trinajstić information content (AvgIpc) is 2.37. The molecule has 0 unspecified atom stereocenters. The molecule has 0 aromatic carbocycles. The molecule has 1 fully saturated rings. The van der Waals surface area contributed by atoms with Crippen molar-refractivity contribution in [3.63, 3.8) is 0 Å². The highest BCUT2D eigenvalue weighted by Crippen LogP contribution is 2.14. The van der Waals surface area contributed by atoms with Gasteiger partial charge in [0.15, 0.2) is 0 Å². The fourth-order valence-corrected chi connectivity index (χ4v) is 2.09. The summed E-state index contributed by atoms with van der Waals surface area (Å²) in [5, 5.41) is 3.43. The van der Waals surface area contributed by atoms with E-state index in [1.807, 2.05) is 24.5 Å². The topological polar surface area (TPSA) is 34.1 Å². The fraction of sp³-hybridized carbons (Fsp3) is 0.615. The molecule has 1 aliphatic rings. The van der Waals surface area contributed by atoms with Crippen LogP contribution in [0, 0.1) is 5.92 Å². The minimum Gasteiger partial charge on any atom is -0.377 e. The van der Waals surface area contributed by atoms with Crippen LogP contribution >= 0.6 is 0 Å². The molecule has 16 heavy (non-hydrogen) atoms. The monoisotopic (exact) mass is 220 g/mol. The smallest absolute Gasteiger partial charge is 0.0717 e. The highest BCUT2D eigenvalue weighted by atomic mass is 16.5. The Morgan fingerprint density at radius 1 is 1.38 bits per heavy atom. The SMILES string of the molecule is c1cc(COCC[C@H]2CCCNC2)ccn1. The molecule has 1 atom stereocenters. The summed E-state index contributed by atoms with van der Waals surface area (Å²) >= 11 is 0. The molecule has 0 spiro atoms. The largest absolute Gasteiger partial charge is 0.377 e. The molecule has 0 radical (unpaired) electrons. The van der Waals surface area contributed by atoms with Crippen molar-refractivity contribution in [1.29, 1.82) is 0 Å². The summed E-state index contributed by atoms with van der Waals surface area (Å²) in [6.45, 7) is 3.93. The van der Waals surface area contributed by atoms with Crippen LogP contribution in [0.4, 0.5) is 0 Å². The third kappa shape index (κ3) is 3.91. The van der Waals surface area contributed by atoms with Gasteiger partial charge < -0.3 is 10.1 Å². The van der Waals surface area contributed by atoms with Gasteiger partial charge >= 0.3 is 0 Å². The molecule has 88 valence electrons. The Balaban J connectivity index is 1.58. The van der Waals surface area contributed by atoms with E-state index in [0.29, 0.717) is 6.61 Å². The second-order valence-electron chi connectivity index (χ2n) is 4.41. The predicted molar refractivity (Wildman–Crippen MR) is 64.1 cm³/mol. The van der Waals surface area contributed by atoms with E-state index in [9.17, 15) is 0 Å². The van der Waals surface area contributed by atoms with Crippen LogP contribution in [-0.4, -0.2) is 24.7 Å². The van der Waals surface area contributed by atoms with Gasteiger partial charge in [-0.15, -0.1) is 0 Å². The van der Waals surface area contributed by atoms with Gasteiger partial charge in [-0.05, 0) is 56.0 Å². The Kier molecular flexibility index (Phi) is 4.77. The van der Waals surface area contributed by atoms with Crippen LogP contribution < -0.4 is 5.32 Å². The van der Waals surface area contributed by atoms with E-state index >= 15 is 0 Å². The average molecular weight is 220 g/mol. The van der Waals surface area contributed by atoms with Gasteiger partial charge in [-0.25, -0.2) is 0 Å². The molecule has 0 bridgehead atoms. The Labute approximate surface area is 97.2 Å². The summed E-state index contributed by atoms with van der Waals surface area (Å²) in [6.07, 6.45) is 7.46. The molecule has 1 aromatic rings. The number of hydrogen-bond donors (Lipinski definition) is 1. The highest BCUT2D eigenvalue weighted by molar-refractivity contribution is 5.07. The first-order valence-electron chi connectivity index (χ1n) is 6.12. The summed E-state index contributed by atoms with van der Waals surface area (Å²) in [6, 6.07) is 4.00. The number of hydrogen-bond acceptors (Lipinski definition) is 3. The minimum atomic E-state index is 0.711. The first-order chi connectivity index (χ1) is 7.95. The van der Waals surface area contributed by atoms with E-state index in [1.54, 1.807) is 0 Å². The maximum Gasteiger partial charge on any atom is 0.0717 e. The van der Waals surface area contributed by atoms with Crippen LogP contribution in [0.15, 0.2) is 24.5 Å². The lowest BCUT2D eigenvalue weighted by Crippen LogP contribution is -2.30. The van der Waals surface area contributed by atoms with E-state index < -0.39 is 0 Å². The van der Waals surface area contributed by atoms with Crippen LogP contribution in [0.5, 0.6) is 0 Å². The fourth-order valence-electron chi connectivity index (χ4n) is 2.09. The molecular formula is C13H20N2O. The lowest BCUT2D eigenvalue weighted by atomic mass is 9.97. The maximum atomic E-state index is 5.67. The number of nitrogens with one attached hydrogen (secondary N) is 1. The minimum absolute atomic E-state index is 0.711. The van der Waals surface area contributed by atoms with Gasteiger partial charge in [0, 0.05) is 19.0 Å². The van der Waals surface area contributed by atoms with Crippen LogP contribution in [0.25, 0.3) is 0 Å². The van der Waals surface area contributed by atoms with Crippen molar-refractivity contribution in [2.24, 2.45) is 5.92 Å². The molecule has 1 saturated heterocycles. The Bertz CT molecular complexity index is 283. The lowest BCUT2D eigenvalue weighted by Gasteiger charge is -2.22. The third-order valence-corrected chi connectivity index (χ3v) is 3.09. The lowest BCUT2D eigenvalue weighted by molar-refractivity contribution is 0.103. The van der Waals surface area contributed by atoms with Crippen molar-refractivity contribution in [2.45, 2.75) is 25.9 Å². The molecule has 3 heteroatoms. The zero-order valence-corrected chi connectivity index (χ0v) is 9.69. The van der Waals surface area contributed by atoms with Gasteiger partial charge in [-0.3, -0.25) is 4.98 Å². The number of piperidine rings is 1. The number of aromatic nitrogens is 1. The van der Waals surface area contributed by atoms with E-state index in [-0.39, 0.29) is 0 Å². The first-order valence-corrected chi connectivity index (χ1v) is 6.12. The Morgan fingerprint density at radius 2 is 2.25 bits per heavy atom. The molecule has 1 N–H and O–H groups in total. The first kappa shape index (κ1) is 11.6. The summed E-state index contributed by atoms with van der Waals surface area (Å²) in [5.74, 6) is 0.811. The van der Waals surface area contributed by atoms with Gasteiger partial charge in [-0.2, -0.15) is 0 Å². The molecule has 0 saturated carbocycles. The van der Waals surface area contributed by atoms with Crippen LogP contribution in [0.1, 0.15) is 24.8 Å². The van der Waals surface area contributed by atoms with Gasteiger partial charge in [0.25, 0.3) is 0 Å². The number of rotatable bonds is 5. The summed E-state index contributed by atoms with van der Waals surface area (Å²) in [4.78, 5) is 3.98. The third-order valence-electron chi connectivity index (χ3n) is 3.09. The zero-order chi connectivity index (χ0) is 11.1. The summed E-state index contributed by atoms with van der Waals surface area (Å²) in [7, 11) is 0. The van der Waals surface area contributed by atoms with Crippen LogP contribution in [0.3, 0.4) is 0 Å². The standard InChI is InChI=1S/C13H20N2O/c1-2-12(10-15-6-1)5-9-16-11-13-3-7-14-8-4-13/h3-4,7-8,12,15H,1-2,5-6,9-11H2/t12-/m1/s1. The summed E-state index contributed by atoms with van der Waals surface area (Å²) in [5.41, 5.74) is 1.21. The van der Waals surface area contributed by atoms with Crippen molar-refractivity contribution in [1.82, 2.24) is 10.3 Å². The van der Waals surface area contributed by atoms with Gasteiger partial charge in [0.1, 0.15) is 0 Å². The molecule has 0 amide bonds. The van der Waals surface area contributed by atoms with Crippen molar-refractivity contribution in [2.75, 3.05) is 19.7 Å². The maximum absolute atomic E-state index is 5.67. The van der Waals surface area contributed by atoms with Crippen molar-refractivity contribution < 1.29 is 4.74 Å².